The van der Waals surface area contributed by atoms with E-state index in [-0.39, 0.29) is 23.0 Å². The Morgan fingerprint density at radius 2 is 1.76 bits per heavy atom. The molecule has 1 N–H and O–H groups in total. The van der Waals surface area contributed by atoms with Crippen molar-refractivity contribution in [2.24, 2.45) is 0 Å². The van der Waals surface area contributed by atoms with E-state index in [4.69, 9.17) is 0 Å². The van der Waals surface area contributed by atoms with Crippen LogP contribution >= 0.6 is 0 Å². The number of piperidine rings is 1. The number of carbonyl (C=O) groups is 1. The van der Waals surface area contributed by atoms with E-state index < -0.39 is 9.84 Å². The third-order valence-electron chi connectivity index (χ3n) is 5.87. The van der Waals surface area contributed by atoms with Crippen molar-refractivity contribution < 1.29 is 13.2 Å². The molecule has 4 rings (SSSR count). The zero-order chi connectivity index (χ0) is 20.4. The molecule has 0 spiro atoms. The van der Waals surface area contributed by atoms with Gasteiger partial charge in [0, 0.05) is 36.6 Å². The molecule has 2 aromatic carbocycles. The van der Waals surface area contributed by atoms with Crippen LogP contribution in [0, 0.1) is 6.92 Å². The highest BCUT2D eigenvalue weighted by molar-refractivity contribution is 7.91. The maximum atomic E-state index is 12.6. The first-order valence-electron chi connectivity index (χ1n) is 10.1. The summed E-state index contributed by atoms with van der Waals surface area (Å²) in [6.45, 7) is 3.26. The summed E-state index contributed by atoms with van der Waals surface area (Å²) in [5.41, 5.74) is 3.47. The Labute approximate surface area is 171 Å². The number of aromatic nitrogens is 1. The Bertz CT molecular complexity index is 1110. The molecule has 3 aromatic rings. The van der Waals surface area contributed by atoms with E-state index in [1.165, 1.54) is 10.9 Å². The molecule has 1 aliphatic heterocycles. The van der Waals surface area contributed by atoms with Crippen molar-refractivity contribution in [1.82, 2.24) is 9.88 Å². The van der Waals surface area contributed by atoms with Gasteiger partial charge in [0.05, 0.1) is 10.6 Å². The second-order valence-corrected chi connectivity index (χ2v) is 9.94. The van der Waals surface area contributed by atoms with Crippen LogP contribution in [-0.4, -0.2) is 43.1 Å². The molecular formula is C23H26N2O3S. The topological polar surface area (TPSA) is 70.2 Å². The Hall–Kier alpha value is -2.60. The van der Waals surface area contributed by atoms with E-state index in [2.05, 4.69) is 23.3 Å². The zero-order valence-corrected chi connectivity index (χ0v) is 17.4. The van der Waals surface area contributed by atoms with Gasteiger partial charge in [0.1, 0.15) is 0 Å². The lowest BCUT2D eigenvalue weighted by Gasteiger charge is -2.32. The molecule has 152 valence electrons. The summed E-state index contributed by atoms with van der Waals surface area (Å²) in [6.07, 6.45) is 3.92. The number of aromatic amines is 1. The van der Waals surface area contributed by atoms with Crippen molar-refractivity contribution in [3.8, 4) is 0 Å². The summed E-state index contributed by atoms with van der Waals surface area (Å²) in [5.74, 6) is 0.210. The summed E-state index contributed by atoms with van der Waals surface area (Å²) in [6, 6.07) is 15.1. The molecule has 1 fully saturated rings. The molecule has 2 heterocycles. The highest BCUT2D eigenvalue weighted by Gasteiger charge is 2.26. The van der Waals surface area contributed by atoms with Crippen LogP contribution in [0.5, 0.6) is 0 Å². The van der Waals surface area contributed by atoms with Gasteiger partial charge in [-0.25, -0.2) is 8.42 Å². The summed E-state index contributed by atoms with van der Waals surface area (Å²) in [5, 5.41) is 1.25. The highest BCUT2D eigenvalue weighted by atomic mass is 32.2. The number of likely N-dealkylation sites (tertiary alicyclic amines) is 1. The monoisotopic (exact) mass is 410 g/mol. The quantitative estimate of drug-likeness (QED) is 0.690. The molecule has 0 unspecified atom stereocenters. The average molecular weight is 411 g/mol. The molecule has 1 aliphatic rings. The van der Waals surface area contributed by atoms with E-state index in [1.807, 2.05) is 24.0 Å². The van der Waals surface area contributed by atoms with Gasteiger partial charge in [-0.05, 0) is 49.4 Å². The SMILES string of the molecule is Cc1ccc(S(=O)(=O)CCC(=O)N2CCC(c3c[nH]c4ccccc34)CC2)cc1. The third-order valence-corrected chi connectivity index (χ3v) is 7.61. The van der Waals surface area contributed by atoms with Gasteiger partial charge in [-0.1, -0.05) is 35.9 Å². The predicted octanol–water partition coefficient (Wildman–Crippen LogP) is 4.05. The molecule has 0 aliphatic carbocycles. The summed E-state index contributed by atoms with van der Waals surface area (Å²) in [7, 11) is -3.43. The molecule has 1 aromatic heterocycles. The van der Waals surface area contributed by atoms with E-state index in [0.717, 1.165) is 23.9 Å². The molecule has 0 bridgehead atoms. The largest absolute Gasteiger partial charge is 0.361 e. The van der Waals surface area contributed by atoms with E-state index in [1.54, 1.807) is 24.3 Å². The number of para-hydroxylation sites is 1. The van der Waals surface area contributed by atoms with Crippen molar-refractivity contribution in [2.75, 3.05) is 18.8 Å². The summed E-state index contributed by atoms with van der Waals surface area (Å²) in [4.78, 5) is 18.0. The lowest BCUT2D eigenvalue weighted by Crippen LogP contribution is -2.38. The van der Waals surface area contributed by atoms with Crippen molar-refractivity contribution >= 4 is 26.6 Å². The normalized spacial score (nSPS) is 15.7. The Morgan fingerprint density at radius 1 is 1.07 bits per heavy atom. The molecule has 0 saturated carbocycles. The fraction of sp³-hybridized carbons (Fsp3) is 0.348. The number of H-pyrrole nitrogens is 1. The number of carbonyl (C=O) groups excluding carboxylic acids is 1. The summed E-state index contributed by atoms with van der Waals surface area (Å²) >= 11 is 0. The maximum Gasteiger partial charge on any atom is 0.223 e. The Balaban J connectivity index is 1.34. The third kappa shape index (κ3) is 4.22. The molecule has 29 heavy (non-hydrogen) atoms. The van der Waals surface area contributed by atoms with Crippen molar-refractivity contribution in [2.45, 2.75) is 37.0 Å². The van der Waals surface area contributed by atoms with E-state index in [0.29, 0.717) is 19.0 Å². The highest BCUT2D eigenvalue weighted by Crippen LogP contribution is 2.33. The van der Waals surface area contributed by atoms with Gasteiger partial charge in [0.25, 0.3) is 0 Å². The van der Waals surface area contributed by atoms with Gasteiger partial charge in [0.2, 0.25) is 5.91 Å². The second kappa shape index (κ2) is 8.03. The van der Waals surface area contributed by atoms with E-state index >= 15 is 0 Å². The predicted molar refractivity (Wildman–Crippen MR) is 115 cm³/mol. The van der Waals surface area contributed by atoms with Crippen molar-refractivity contribution in [3.05, 3.63) is 65.9 Å². The minimum Gasteiger partial charge on any atom is -0.361 e. The molecule has 5 nitrogen and oxygen atoms in total. The minimum atomic E-state index is -3.43. The van der Waals surface area contributed by atoms with Crippen LogP contribution in [-0.2, 0) is 14.6 Å². The van der Waals surface area contributed by atoms with Crippen LogP contribution in [0.3, 0.4) is 0 Å². The van der Waals surface area contributed by atoms with Gasteiger partial charge < -0.3 is 9.88 Å². The molecule has 1 amide bonds. The molecule has 0 radical (unpaired) electrons. The molecule has 6 heteroatoms. The number of amides is 1. The van der Waals surface area contributed by atoms with Gasteiger partial charge in [0.15, 0.2) is 9.84 Å². The van der Waals surface area contributed by atoms with Gasteiger partial charge in [-0.2, -0.15) is 0 Å². The smallest absolute Gasteiger partial charge is 0.223 e. The lowest BCUT2D eigenvalue weighted by atomic mass is 9.89. The number of nitrogens with zero attached hydrogens (tertiary/aromatic N) is 1. The first-order valence-corrected chi connectivity index (χ1v) is 11.7. The van der Waals surface area contributed by atoms with Crippen LogP contribution in [0.25, 0.3) is 10.9 Å². The first-order chi connectivity index (χ1) is 13.9. The van der Waals surface area contributed by atoms with Crippen LogP contribution in [0.15, 0.2) is 59.6 Å². The van der Waals surface area contributed by atoms with Crippen molar-refractivity contribution in [3.63, 3.8) is 0 Å². The zero-order valence-electron chi connectivity index (χ0n) is 16.6. The molecular weight excluding hydrogens is 384 g/mol. The maximum absolute atomic E-state index is 12.6. The van der Waals surface area contributed by atoms with Crippen LogP contribution in [0.1, 0.15) is 36.3 Å². The standard InChI is InChI=1S/C23H26N2O3S/c1-17-6-8-19(9-7-17)29(27,28)15-12-23(26)25-13-10-18(11-14-25)21-16-24-22-5-3-2-4-20(21)22/h2-9,16,18,24H,10-15H2,1H3. The number of rotatable bonds is 5. The lowest BCUT2D eigenvalue weighted by molar-refractivity contribution is -0.131. The average Bonchev–Trinajstić information content (AvgIpc) is 3.17. The summed E-state index contributed by atoms with van der Waals surface area (Å²) < 4.78 is 25.0. The Morgan fingerprint density at radius 3 is 2.48 bits per heavy atom. The van der Waals surface area contributed by atoms with Gasteiger partial charge in [-0.15, -0.1) is 0 Å². The molecule has 1 saturated heterocycles. The number of nitrogens with one attached hydrogen (secondary N) is 1. The number of hydrogen-bond acceptors (Lipinski definition) is 3. The van der Waals surface area contributed by atoms with E-state index in [9.17, 15) is 13.2 Å². The van der Waals surface area contributed by atoms with Crippen LogP contribution in [0.4, 0.5) is 0 Å². The second-order valence-electron chi connectivity index (χ2n) is 7.83. The number of fused-ring (bicyclic) bond motifs is 1. The number of sulfone groups is 1. The van der Waals surface area contributed by atoms with Gasteiger partial charge >= 0.3 is 0 Å². The van der Waals surface area contributed by atoms with Crippen LogP contribution in [0.2, 0.25) is 0 Å². The fourth-order valence-corrected chi connectivity index (χ4v) is 5.34. The Kier molecular flexibility index (Phi) is 5.46. The van der Waals surface area contributed by atoms with Gasteiger partial charge in [-0.3, -0.25) is 4.79 Å². The van der Waals surface area contributed by atoms with Crippen molar-refractivity contribution in [1.29, 1.82) is 0 Å². The first kappa shape index (κ1) is 19.7. The number of aryl methyl sites for hydroxylation is 1. The number of benzene rings is 2. The fourth-order valence-electron chi connectivity index (χ4n) is 4.11. The minimum absolute atomic E-state index is 0.0357. The van der Waals surface area contributed by atoms with Crippen LogP contribution < -0.4 is 0 Å². The molecule has 0 atom stereocenters. The number of hydrogen-bond donors (Lipinski definition) is 1.